The highest BCUT2D eigenvalue weighted by atomic mass is 32.2. The molecule has 4 N–H and O–H groups in total. The number of methoxy groups -OCH3 is 1. The van der Waals surface area contributed by atoms with Crippen LogP contribution in [0.1, 0.15) is 6.42 Å². The zero-order valence-electron chi connectivity index (χ0n) is 9.55. The maximum absolute atomic E-state index is 11.3. The Hall–Kier alpha value is -0.760. The molecule has 1 aromatic carbocycles. The Morgan fingerprint density at radius 1 is 1.41 bits per heavy atom. The van der Waals surface area contributed by atoms with Gasteiger partial charge in [-0.05, 0) is 18.6 Å². The lowest BCUT2D eigenvalue weighted by molar-refractivity contribution is 0.200. The minimum Gasteiger partial charge on any atom is -0.397 e. The summed E-state index contributed by atoms with van der Waals surface area (Å²) in [6.07, 6.45) is 0.875. The standard InChI is InChI=1S/C10H16N2O3S2/c1-15-6-3-7-16-8-4-2-5-9(10(8)11)17(12,13)14/h2,4-5H,3,6-7,11H2,1H3,(H2,12,13,14). The Kier molecular flexibility index (Phi) is 5.26. The summed E-state index contributed by atoms with van der Waals surface area (Å²) in [5, 5.41) is 5.07. The summed E-state index contributed by atoms with van der Waals surface area (Å²) in [6, 6.07) is 4.82. The second-order valence-electron chi connectivity index (χ2n) is 3.41. The Balaban J connectivity index is 2.81. The highest BCUT2D eigenvalue weighted by molar-refractivity contribution is 7.99. The number of para-hydroxylation sites is 1. The molecule has 96 valence electrons. The Morgan fingerprint density at radius 2 is 2.12 bits per heavy atom. The van der Waals surface area contributed by atoms with Gasteiger partial charge in [-0.1, -0.05) is 6.07 Å². The van der Waals surface area contributed by atoms with Gasteiger partial charge in [0.2, 0.25) is 10.0 Å². The molecular weight excluding hydrogens is 260 g/mol. The number of hydrogen-bond donors (Lipinski definition) is 2. The number of ether oxygens (including phenoxy) is 1. The first-order valence-electron chi connectivity index (χ1n) is 5.00. The van der Waals surface area contributed by atoms with E-state index in [2.05, 4.69) is 0 Å². The number of sulfonamides is 1. The third-order valence-corrected chi connectivity index (χ3v) is 4.21. The van der Waals surface area contributed by atoms with Crippen molar-refractivity contribution < 1.29 is 13.2 Å². The van der Waals surface area contributed by atoms with E-state index < -0.39 is 10.0 Å². The molecule has 0 aliphatic carbocycles. The Labute approximate surface area is 106 Å². The van der Waals surface area contributed by atoms with E-state index in [4.69, 9.17) is 15.6 Å². The summed E-state index contributed by atoms with van der Waals surface area (Å²) in [7, 11) is -2.11. The minimum atomic E-state index is -3.75. The van der Waals surface area contributed by atoms with E-state index in [1.807, 2.05) is 0 Å². The SMILES string of the molecule is COCCCSc1cccc(S(N)(=O)=O)c1N. The maximum atomic E-state index is 11.3. The van der Waals surface area contributed by atoms with Crippen molar-refractivity contribution in [3.8, 4) is 0 Å². The molecule has 0 aliphatic rings. The van der Waals surface area contributed by atoms with E-state index in [1.165, 1.54) is 17.8 Å². The average Bonchev–Trinajstić information content (AvgIpc) is 2.25. The van der Waals surface area contributed by atoms with Gasteiger partial charge in [0.15, 0.2) is 0 Å². The van der Waals surface area contributed by atoms with Crippen LogP contribution in [0.5, 0.6) is 0 Å². The fourth-order valence-electron chi connectivity index (χ4n) is 1.28. The van der Waals surface area contributed by atoms with Gasteiger partial charge in [-0.15, -0.1) is 11.8 Å². The van der Waals surface area contributed by atoms with Crippen LogP contribution in [0.3, 0.4) is 0 Å². The predicted molar refractivity (Wildman–Crippen MR) is 69.4 cm³/mol. The first kappa shape index (κ1) is 14.3. The zero-order chi connectivity index (χ0) is 12.9. The average molecular weight is 276 g/mol. The number of thioether (sulfide) groups is 1. The third-order valence-electron chi connectivity index (χ3n) is 2.08. The number of nitrogen functional groups attached to an aromatic ring is 1. The van der Waals surface area contributed by atoms with Crippen LogP contribution in [0.15, 0.2) is 28.0 Å². The maximum Gasteiger partial charge on any atom is 0.240 e. The van der Waals surface area contributed by atoms with E-state index in [-0.39, 0.29) is 10.6 Å². The van der Waals surface area contributed by atoms with E-state index in [1.54, 1.807) is 19.2 Å². The molecule has 0 heterocycles. The summed E-state index contributed by atoms with van der Waals surface area (Å²) in [5.41, 5.74) is 5.99. The van der Waals surface area contributed by atoms with E-state index in [0.717, 1.165) is 17.1 Å². The van der Waals surface area contributed by atoms with Crippen molar-refractivity contribution in [3.63, 3.8) is 0 Å². The molecule has 0 atom stereocenters. The van der Waals surface area contributed by atoms with Gasteiger partial charge in [0.05, 0.1) is 5.69 Å². The quantitative estimate of drug-likeness (QED) is 0.460. The van der Waals surface area contributed by atoms with Crippen LogP contribution in [-0.2, 0) is 14.8 Å². The van der Waals surface area contributed by atoms with Gasteiger partial charge in [0.25, 0.3) is 0 Å². The third kappa shape index (κ3) is 4.19. The van der Waals surface area contributed by atoms with Crippen LogP contribution in [0.2, 0.25) is 0 Å². The lowest BCUT2D eigenvalue weighted by Gasteiger charge is -2.08. The largest absolute Gasteiger partial charge is 0.397 e. The van der Waals surface area contributed by atoms with E-state index in [0.29, 0.717) is 6.61 Å². The second kappa shape index (κ2) is 6.25. The second-order valence-corrected chi connectivity index (χ2v) is 6.07. The van der Waals surface area contributed by atoms with Gasteiger partial charge < -0.3 is 10.5 Å². The number of benzene rings is 1. The molecule has 0 unspecified atom stereocenters. The fraction of sp³-hybridized carbons (Fsp3) is 0.400. The summed E-state index contributed by atoms with van der Waals surface area (Å²) in [6.45, 7) is 0.668. The summed E-state index contributed by atoms with van der Waals surface area (Å²) >= 11 is 1.49. The highest BCUT2D eigenvalue weighted by Gasteiger charge is 2.14. The number of anilines is 1. The molecule has 1 aromatic rings. The van der Waals surface area contributed by atoms with Crippen LogP contribution in [0.4, 0.5) is 5.69 Å². The molecule has 5 nitrogen and oxygen atoms in total. The van der Waals surface area contributed by atoms with Crippen LogP contribution in [0.25, 0.3) is 0 Å². The van der Waals surface area contributed by atoms with Crippen LogP contribution in [-0.4, -0.2) is 27.9 Å². The van der Waals surface area contributed by atoms with Crippen LogP contribution >= 0.6 is 11.8 Å². The predicted octanol–water partition coefficient (Wildman–Crippen LogP) is 1.04. The number of rotatable bonds is 6. The fourth-order valence-corrected chi connectivity index (χ4v) is 2.95. The lowest BCUT2D eigenvalue weighted by atomic mass is 10.3. The molecule has 0 bridgehead atoms. The van der Waals surface area contributed by atoms with Crippen molar-refractivity contribution in [1.82, 2.24) is 0 Å². The van der Waals surface area contributed by atoms with Crippen molar-refractivity contribution in [3.05, 3.63) is 18.2 Å². The van der Waals surface area contributed by atoms with Gasteiger partial charge in [-0.2, -0.15) is 0 Å². The normalized spacial score (nSPS) is 11.6. The molecule has 17 heavy (non-hydrogen) atoms. The first-order chi connectivity index (χ1) is 7.96. The Bertz CT molecular complexity index is 474. The molecule has 1 rings (SSSR count). The lowest BCUT2D eigenvalue weighted by Crippen LogP contribution is -2.14. The topological polar surface area (TPSA) is 95.4 Å². The molecular formula is C10H16N2O3S2. The molecule has 0 fully saturated rings. The molecule has 0 aromatic heterocycles. The van der Waals surface area contributed by atoms with Crippen LogP contribution < -0.4 is 10.9 Å². The highest BCUT2D eigenvalue weighted by Crippen LogP contribution is 2.30. The molecule has 0 saturated heterocycles. The molecule has 0 aliphatic heterocycles. The van der Waals surface area contributed by atoms with Crippen molar-refractivity contribution in [1.29, 1.82) is 0 Å². The number of primary sulfonamides is 1. The minimum absolute atomic E-state index is 0.0192. The molecule has 0 radical (unpaired) electrons. The van der Waals surface area contributed by atoms with Gasteiger partial charge in [0, 0.05) is 24.4 Å². The molecule has 0 amide bonds. The number of nitrogens with two attached hydrogens (primary N) is 2. The van der Waals surface area contributed by atoms with Gasteiger partial charge in [0.1, 0.15) is 4.90 Å². The van der Waals surface area contributed by atoms with E-state index in [9.17, 15) is 8.42 Å². The van der Waals surface area contributed by atoms with Crippen LogP contribution in [0, 0.1) is 0 Å². The molecule has 0 spiro atoms. The zero-order valence-corrected chi connectivity index (χ0v) is 11.2. The van der Waals surface area contributed by atoms with E-state index >= 15 is 0 Å². The first-order valence-corrected chi connectivity index (χ1v) is 7.53. The van der Waals surface area contributed by atoms with Gasteiger partial charge in [-0.3, -0.25) is 0 Å². The summed E-state index contributed by atoms with van der Waals surface area (Å²) in [5.74, 6) is 0.812. The smallest absolute Gasteiger partial charge is 0.240 e. The monoisotopic (exact) mass is 276 g/mol. The van der Waals surface area contributed by atoms with Crippen molar-refractivity contribution in [2.75, 3.05) is 25.2 Å². The van der Waals surface area contributed by atoms with Gasteiger partial charge in [-0.25, -0.2) is 13.6 Å². The van der Waals surface area contributed by atoms with Crippen molar-refractivity contribution in [2.45, 2.75) is 16.2 Å². The van der Waals surface area contributed by atoms with Gasteiger partial charge >= 0.3 is 0 Å². The Morgan fingerprint density at radius 3 is 2.71 bits per heavy atom. The number of hydrogen-bond acceptors (Lipinski definition) is 5. The van der Waals surface area contributed by atoms with Crippen molar-refractivity contribution in [2.24, 2.45) is 5.14 Å². The molecule has 0 saturated carbocycles. The summed E-state index contributed by atoms with van der Waals surface area (Å²) in [4.78, 5) is 0.710. The van der Waals surface area contributed by atoms with Crippen molar-refractivity contribution >= 4 is 27.5 Å². The summed E-state index contributed by atoms with van der Waals surface area (Å²) < 4.78 is 27.4. The molecule has 7 heteroatoms.